The third-order valence-corrected chi connectivity index (χ3v) is 8.43. The minimum atomic E-state index is -0.553. The van der Waals surface area contributed by atoms with Crippen molar-refractivity contribution < 1.29 is 19.1 Å². The Morgan fingerprint density at radius 3 is 2.09 bits per heavy atom. The Kier molecular flexibility index (Phi) is 11.2. The maximum absolute atomic E-state index is 13.6. The van der Waals surface area contributed by atoms with E-state index >= 15 is 0 Å². The van der Waals surface area contributed by atoms with Gasteiger partial charge >= 0.3 is 0 Å². The van der Waals surface area contributed by atoms with Crippen LogP contribution in [0.4, 0.5) is 11.4 Å². The number of carbonyl (C=O) groups excluding carboxylic acids is 3. The maximum atomic E-state index is 13.6. The van der Waals surface area contributed by atoms with Gasteiger partial charge < -0.3 is 20.7 Å². The monoisotopic (exact) mass is 641 g/mol. The Morgan fingerprint density at radius 1 is 0.745 bits per heavy atom. The summed E-state index contributed by atoms with van der Waals surface area (Å²) < 4.78 is 5.70. The van der Waals surface area contributed by atoms with E-state index in [4.69, 9.17) is 4.74 Å². The van der Waals surface area contributed by atoms with Gasteiger partial charge in [0.05, 0.1) is 12.3 Å². The molecular formula is C39H35N3O4S. The molecule has 0 saturated heterocycles. The van der Waals surface area contributed by atoms with Crippen LogP contribution in [0.15, 0.2) is 144 Å². The molecule has 0 aliphatic heterocycles. The van der Waals surface area contributed by atoms with Crippen LogP contribution in [0.3, 0.4) is 0 Å². The van der Waals surface area contributed by atoms with Crippen LogP contribution in [0.5, 0.6) is 5.75 Å². The van der Waals surface area contributed by atoms with E-state index in [1.54, 1.807) is 42.5 Å². The van der Waals surface area contributed by atoms with Crippen molar-refractivity contribution in [2.24, 2.45) is 0 Å². The number of hydrogen-bond acceptors (Lipinski definition) is 5. The molecule has 0 radical (unpaired) electrons. The zero-order valence-corrected chi connectivity index (χ0v) is 26.9. The predicted octanol–water partition coefficient (Wildman–Crippen LogP) is 8.28. The summed E-state index contributed by atoms with van der Waals surface area (Å²) in [7, 11) is 0. The lowest BCUT2D eigenvalue weighted by atomic mass is 10.1. The molecule has 0 aromatic heterocycles. The van der Waals surface area contributed by atoms with Crippen molar-refractivity contribution in [3.8, 4) is 5.75 Å². The molecule has 0 spiro atoms. The van der Waals surface area contributed by atoms with Gasteiger partial charge in [0.2, 0.25) is 5.91 Å². The van der Waals surface area contributed by atoms with Crippen LogP contribution in [0, 0.1) is 6.92 Å². The van der Waals surface area contributed by atoms with E-state index in [2.05, 4.69) is 16.0 Å². The first-order chi connectivity index (χ1) is 22.9. The van der Waals surface area contributed by atoms with Crippen LogP contribution in [0.2, 0.25) is 0 Å². The number of benzene rings is 5. The minimum absolute atomic E-state index is 0.111. The molecule has 5 aromatic rings. The van der Waals surface area contributed by atoms with E-state index < -0.39 is 11.2 Å². The summed E-state index contributed by atoms with van der Waals surface area (Å²) in [5.74, 6) is -0.434. The Labute approximate surface area is 279 Å². The van der Waals surface area contributed by atoms with Gasteiger partial charge in [-0.3, -0.25) is 14.4 Å². The average Bonchev–Trinajstić information content (AvgIpc) is 3.10. The standard InChI is InChI=1S/C39H35N3O4S/c1-3-46-35-21-13-12-20-33(35)41-39(45)36(28-15-6-4-7-16-28)47-32-24-22-31(23-25-32)40-38(44)34(26-30-19-11-10-14-27(30)2)42-37(43)29-17-8-5-9-18-29/h4-26,36H,3H2,1-2H3,(H,40,44)(H,41,45)(H,42,43)/b34-26-. The number of thioether (sulfide) groups is 1. The molecule has 5 rings (SSSR count). The van der Waals surface area contributed by atoms with E-state index in [1.807, 2.05) is 111 Å². The first-order valence-corrected chi connectivity index (χ1v) is 16.1. The summed E-state index contributed by atoms with van der Waals surface area (Å²) in [6.07, 6.45) is 1.67. The van der Waals surface area contributed by atoms with Gasteiger partial charge in [-0.1, -0.05) is 84.9 Å². The number of aryl methyl sites for hydroxylation is 1. The molecular weight excluding hydrogens is 607 g/mol. The van der Waals surface area contributed by atoms with E-state index in [1.165, 1.54) is 11.8 Å². The second-order valence-electron chi connectivity index (χ2n) is 10.5. The van der Waals surface area contributed by atoms with Gasteiger partial charge in [0, 0.05) is 16.1 Å². The zero-order chi connectivity index (χ0) is 33.0. The molecule has 7 nitrogen and oxygen atoms in total. The first kappa shape index (κ1) is 32.8. The highest BCUT2D eigenvalue weighted by atomic mass is 32.2. The molecule has 0 aliphatic carbocycles. The summed E-state index contributed by atoms with van der Waals surface area (Å²) in [5, 5.41) is 8.16. The molecule has 3 amide bonds. The van der Waals surface area contributed by atoms with Gasteiger partial charge in [0.15, 0.2) is 0 Å². The van der Waals surface area contributed by atoms with Crippen molar-refractivity contribution in [2.75, 3.05) is 17.2 Å². The van der Waals surface area contributed by atoms with Gasteiger partial charge in [-0.2, -0.15) is 0 Å². The SMILES string of the molecule is CCOc1ccccc1NC(=O)C(Sc1ccc(NC(=O)/C(=C/c2ccccc2C)NC(=O)c2ccccc2)cc1)c1ccccc1. The van der Waals surface area contributed by atoms with Crippen molar-refractivity contribution in [3.63, 3.8) is 0 Å². The van der Waals surface area contributed by atoms with Crippen LogP contribution in [0.1, 0.15) is 39.2 Å². The molecule has 0 fully saturated rings. The summed E-state index contributed by atoms with van der Waals surface area (Å²) in [6.45, 7) is 4.32. The Balaban J connectivity index is 1.33. The Hall–Kier alpha value is -5.60. The van der Waals surface area contributed by atoms with Crippen molar-refractivity contribution >= 4 is 46.9 Å². The predicted molar refractivity (Wildman–Crippen MR) is 189 cm³/mol. The molecule has 0 aliphatic rings. The lowest BCUT2D eigenvalue weighted by Gasteiger charge is -2.19. The molecule has 236 valence electrons. The molecule has 1 atom stereocenters. The van der Waals surface area contributed by atoms with Gasteiger partial charge in [-0.15, -0.1) is 11.8 Å². The molecule has 1 unspecified atom stereocenters. The fraction of sp³-hybridized carbons (Fsp3) is 0.103. The van der Waals surface area contributed by atoms with Crippen LogP contribution >= 0.6 is 11.8 Å². The third-order valence-electron chi connectivity index (χ3n) is 7.17. The molecule has 0 saturated carbocycles. The highest BCUT2D eigenvalue weighted by Crippen LogP contribution is 2.37. The van der Waals surface area contributed by atoms with Crippen molar-refractivity contribution in [3.05, 3.63) is 161 Å². The molecule has 47 heavy (non-hydrogen) atoms. The molecule has 0 heterocycles. The summed E-state index contributed by atoms with van der Waals surface area (Å²) in [6, 6.07) is 40.5. The zero-order valence-electron chi connectivity index (χ0n) is 26.1. The second-order valence-corrected chi connectivity index (χ2v) is 11.7. The van der Waals surface area contributed by atoms with Crippen molar-refractivity contribution in [1.82, 2.24) is 5.32 Å². The quantitative estimate of drug-likeness (QED) is 0.0941. The van der Waals surface area contributed by atoms with Crippen LogP contribution in [-0.4, -0.2) is 24.3 Å². The topological polar surface area (TPSA) is 96.5 Å². The highest BCUT2D eigenvalue weighted by molar-refractivity contribution is 8.00. The second kappa shape index (κ2) is 16.1. The number of amides is 3. The molecule has 5 aromatic carbocycles. The molecule has 0 bridgehead atoms. The molecule has 8 heteroatoms. The number of ether oxygens (including phenoxy) is 1. The summed E-state index contributed by atoms with van der Waals surface area (Å²) >= 11 is 1.40. The lowest BCUT2D eigenvalue weighted by molar-refractivity contribution is -0.116. The minimum Gasteiger partial charge on any atom is -0.492 e. The summed E-state index contributed by atoms with van der Waals surface area (Å²) in [4.78, 5) is 41.0. The number of carbonyl (C=O) groups is 3. The van der Waals surface area contributed by atoms with Crippen molar-refractivity contribution in [1.29, 1.82) is 0 Å². The lowest BCUT2D eigenvalue weighted by Crippen LogP contribution is -2.30. The van der Waals surface area contributed by atoms with E-state index in [-0.39, 0.29) is 17.5 Å². The highest BCUT2D eigenvalue weighted by Gasteiger charge is 2.23. The average molecular weight is 642 g/mol. The van der Waals surface area contributed by atoms with E-state index in [0.29, 0.717) is 29.3 Å². The Morgan fingerprint density at radius 2 is 1.38 bits per heavy atom. The first-order valence-electron chi connectivity index (χ1n) is 15.2. The number of rotatable bonds is 12. The van der Waals surface area contributed by atoms with Gasteiger partial charge in [-0.25, -0.2) is 0 Å². The maximum Gasteiger partial charge on any atom is 0.272 e. The van der Waals surface area contributed by atoms with Gasteiger partial charge in [0.25, 0.3) is 11.8 Å². The van der Waals surface area contributed by atoms with E-state index in [0.717, 1.165) is 21.6 Å². The number of nitrogens with one attached hydrogen (secondary N) is 3. The number of hydrogen-bond donors (Lipinski definition) is 3. The van der Waals surface area contributed by atoms with Gasteiger partial charge in [-0.05, 0) is 85.1 Å². The van der Waals surface area contributed by atoms with Crippen LogP contribution in [-0.2, 0) is 9.59 Å². The fourth-order valence-corrected chi connectivity index (χ4v) is 5.77. The fourth-order valence-electron chi connectivity index (χ4n) is 4.75. The molecule has 3 N–H and O–H groups in total. The summed E-state index contributed by atoms with van der Waals surface area (Å²) in [5.41, 5.74) is 4.32. The van der Waals surface area contributed by atoms with Gasteiger partial charge in [0.1, 0.15) is 16.7 Å². The normalized spacial score (nSPS) is 11.7. The largest absolute Gasteiger partial charge is 0.492 e. The van der Waals surface area contributed by atoms with Crippen LogP contribution < -0.4 is 20.7 Å². The smallest absolute Gasteiger partial charge is 0.272 e. The number of para-hydroxylation sites is 2. The van der Waals surface area contributed by atoms with Crippen molar-refractivity contribution in [2.45, 2.75) is 24.0 Å². The number of anilines is 2. The van der Waals surface area contributed by atoms with Crippen LogP contribution in [0.25, 0.3) is 6.08 Å². The van der Waals surface area contributed by atoms with E-state index in [9.17, 15) is 14.4 Å². The Bertz CT molecular complexity index is 1860. The third kappa shape index (κ3) is 8.99.